The van der Waals surface area contributed by atoms with E-state index in [1.807, 2.05) is 18.7 Å². The summed E-state index contributed by atoms with van der Waals surface area (Å²) in [7, 11) is 0. The predicted octanol–water partition coefficient (Wildman–Crippen LogP) is 2.98. The lowest BCUT2D eigenvalue weighted by Gasteiger charge is -2.40. The molecule has 1 amide bonds. The average molecular weight is 368 g/mol. The molecular formula is C19H32N2O5. The Morgan fingerprint density at radius 2 is 2.04 bits per heavy atom. The van der Waals surface area contributed by atoms with Gasteiger partial charge in [0.15, 0.2) is 0 Å². The Morgan fingerprint density at radius 1 is 1.38 bits per heavy atom. The molecule has 2 heterocycles. The molecule has 1 N–H and O–H groups in total. The molecule has 0 bridgehead atoms. The van der Waals surface area contributed by atoms with Crippen LogP contribution in [0.25, 0.3) is 0 Å². The quantitative estimate of drug-likeness (QED) is 0.776. The van der Waals surface area contributed by atoms with Crippen LogP contribution in [-0.4, -0.2) is 52.8 Å². The molecule has 1 fully saturated rings. The normalized spacial score (nSPS) is 19.8. The molecule has 0 saturated carbocycles. The second kappa shape index (κ2) is 11.0. The van der Waals surface area contributed by atoms with Gasteiger partial charge in [-0.3, -0.25) is 9.59 Å². The number of carboxylic acid groups (broad SMARTS) is 1. The zero-order chi connectivity index (χ0) is 19.7. The highest BCUT2D eigenvalue weighted by Gasteiger charge is 2.32. The van der Waals surface area contributed by atoms with Crippen LogP contribution in [0.5, 0.6) is 0 Å². The molecule has 0 unspecified atom stereocenters. The number of carbonyl (C=O) groups is 2. The van der Waals surface area contributed by atoms with E-state index in [4.69, 9.17) is 19.2 Å². The molecule has 148 valence electrons. The highest BCUT2D eigenvalue weighted by Crippen LogP contribution is 2.22. The number of hydrogen-bond acceptors (Lipinski definition) is 5. The van der Waals surface area contributed by atoms with E-state index in [1.165, 1.54) is 0 Å². The molecule has 1 aliphatic rings. The Bertz CT molecular complexity index is 551. The first kappa shape index (κ1) is 22.2. The summed E-state index contributed by atoms with van der Waals surface area (Å²) >= 11 is 0. The molecule has 7 nitrogen and oxygen atoms in total. The highest BCUT2D eigenvalue weighted by atomic mass is 16.5. The SMILES string of the molecule is CCCC[C@@H]1CN(C(=O)Cc2c(C)noc2C)C[C@H](C(C)C)O1.O=CO. The zero-order valence-corrected chi connectivity index (χ0v) is 16.5. The minimum atomic E-state index is -0.250. The van der Waals surface area contributed by atoms with Crippen LogP contribution in [0, 0.1) is 19.8 Å². The molecule has 0 spiro atoms. The van der Waals surface area contributed by atoms with Crippen molar-refractivity contribution in [1.82, 2.24) is 10.1 Å². The Morgan fingerprint density at radius 3 is 2.54 bits per heavy atom. The smallest absolute Gasteiger partial charge is 0.290 e. The van der Waals surface area contributed by atoms with Crippen molar-refractivity contribution in [3.05, 3.63) is 17.0 Å². The number of rotatable bonds is 6. The van der Waals surface area contributed by atoms with Crippen LogP contribution in [0.15, 0.2) is 4.52 Å². The third kappa shape index (κ3) is 6.44. The number of hydrogen-bond donors (Lipinski definition) is 1. The summed E-state index contributed by atoms with van der Waals surface area (Å²) in [6.07, 6.45) is 3.96. The van der Waals surface area contributed by atoms with Crippen molar-refractivity contribution < 1.29 is 24.0 Å². The van der Waals surface area contributed by atoms with Crippen LogP contribution in [0.2, 0.25) is 0 Å². The number of aromatic nitrogens is 1. The van der Waals surface area contributed by atoms with Crippen LogP contribution >= 0.6 is 0 Å². The van der Waals surface area contributed by atoms with E-state index in [2.05, 4.69) is 25.9 Å². The number of carbonyl (C=O) groups excluding carboxylic acids is 1. The molecule has 7 heteroatoms. The van der Waals surface area contributed by atoms with Gasteiger partial charge in [0.2, 0.25) is 5.91 Å². The van der Waals surface area contributed by atoms with Gasteiger partial charge < -0.3 is 19.3 Å². The summed E-state index contributed by atoms with van der Waals surface area (Å²) in [6.45, 7) is 11.4. The van der Waals surface area contributed by atoms with Crippen molar-refractivity contribution in [2.45, 2.75) is 72.5 Å². The fourth-order valence-electron chi connectivity index (χ4n) is 3.05. The third-order valence-corrected chi connectivity index (χ3v) is 4.68. The van der Waals surface area contributed by atoms with Gasteiger partial charge in [0.1, 0.15) is 5.76 Å². The number of aryl methyl sites for hydroxylation is 2. The second-order valence-corrected chi connectivity index (χ2v) is 7.07. The first-order valence-electron chi connectivity index (χ1n) is 9.26. The van der Waals surface area contributed by atoms with Gasteiger partial charge in [0.05, 0.1) is 24.3 Å². The topological polar surface area (TPSA) is 92.9 Å². The maximum Gasteiger partial charge on any atom is 0.290 e. The van der Waals surface area contributed by atoms with Crippen molar-refractivity contribution in [1.29, 1.82) is 0 Å². The number of nitrogens with zero attached hydrogens (tertiary/aromatic N) is 2. The van der Waals surface area contributed by atoms with Gasteiger partial charge in [-0.1, -0.05) is 38.8 Å². The lowest BCUT2D eigenvalue weighted by atomic mass is 10.0. The molecule has 1 aromatic heterocycles. The molecule has 2 atom stereocenters. The minimum absolute atomic E-state index is 0.124. The fourth-order valence-corrected chi connectivity index (χ4v) is 3.05. The second-order valence-electron chi connectivity index (χ2n) is 7.07. The van der Waals surface area contributed by atoms with E-state index in [0.717, 1.165) is 36.3 Å². The van der Waals surface area contributed by atoms with Gasteiger partial charge in [-0.15, -0.1) is 0 Å². The third-order valence-electron chi connectivity index (χ3n) is 4.68. The fraction of sp³-hybridized carbons (Fsp3) is 0.737. The molecule has 0 aliphatic carbocycles. The lowest BCUT2D eigenvalue weighted by molar-refractivity contribution is -0.149. The van der Waals surface area contributed by atoms with Crippen molar-refractivity contribution in [2.75, 3.05) is 13.1 Å². The molecule has 0 radical (unpaired) electrons. The molecule has 1 aromatic rings. The van der Waals surface area contributed by atoms with Crippen molar-refractivity contribution >= 4 is 12.4 Å². The first-order chi connectivity index (χ1) is 12.3. The Kier molecular flexibility index (Phi) is 9.34. The summed E-state index contributed by atoms with van der Waals surface area (Å²) in [5.41, 5.74) is 1.74. The van der Waals surface area contributed by atoms with Crippen molar-refractivity contribution in [3.63, 3.8) is 0 Å². The molecule has 26 heavy (non-hydrogen) atoms. The number of morpholine rings is 1. The van der Waals surface area contributed by atoms with Gasteiger partial charge in [-0.2, -0.15) is 0 Å². The number of unbranched alkanes of at least 4 members (excludes halogenated alkanes) is 1. The summed E-state index contributed by atoms with van der Waals surface area (Å²) in [6, 6.07) is 0. The van der Waals surface area contributed by atoms with Gasteiger partial charge in [-0.25, -0.2) is 0 Å². The first-order valence-corrected chi connectivity index (χ1v) is 9.26. The summed E-state index contributed by atoms with van der Waals surface area (Å²) in [5.74, 6) is 1.30. The van der Waals surface area contributed by atoms with Crippen molar-refractivity contribution in [2.24, 2.45) is 5.92 Å². The standard InChI is InChI=1S/C18H30N2O3.CH2O2/c1-6-7-8-15-10-20(11-17(22-15)12(2)3)18(21)9-16-13(4)19-23-14(16)5;2-1-3/h12,15,17H,6-11H2,1-5H3;1H,(H,2,3)/t15-,17-;/m1./s1. The largest absolute Gasteiger partial charge is 0.483 e. The van der Waals surface area contributed by atoms with Gasteiger partial charge in [0, 0.05) is 18.7 Å². The number of amides is 1. The van der Waals surface area contributed by atoms with Crippen LogP contribution < -0.4 is 0 Å². The summed E-state index contributed by atoms with van der Waals surface area (Å²) in [4.78, 5) is 23.1. The van der Waals surface area contributed by atoms with Crippen LogP contribution in [0.4, 0.5) is 0 Å². The lowest BCUT2D eigenvalue weighted by Crippen LogP contribution is -2.52. The number of ether oxygens (including phenoxy) is 1. The van der Waals surface area contributed by atoms with Crippen LogP contribution in [0.3, 0.4) is 0 Å². The molecular weight excluding hydrogens is 336 g/mol. The molecule has 1 aliphatic heterocycles. The average Bonchev–Trinajstić information content (AvgIpc) is 2.92. The van der Waals surface area contributed by atoms with E-state index in [-0.39, 0.29) is 24.6 Å². The monoisotopic (exact) mass is 368 g/mol. The maximum atomic E-state index is 12.8. The van der Waals surface area contributed by atoms with E-state index in [1.54, 1.807) is 0 Å². The molecule has 0 aromatic carbocycles. The summed E-state index contributed by atoms with van der Waals surface area (Å²) < 4.78 is 11.4. The summed E-state index contributed by atoms with van der Waals surface area (Å²) in [5, 5.41) is 10.8. The van der Waals surface area contributed by atoms with E-state index in [9.17, 15) is 4.79 Å². The Balaban J connectivity index is 0.00000105. The minimum Gasteiger partial charge on any atom is -0.483 e. The van der Waals surface area contributed by atoms with Crippen LogP contribution in [0.1, 0.15) is 57.1 Å². The Hall–Kier alpha value is -1.89. The van der Waals surface area contributed by atoms with Gasteiger partial charge >= 0.3 is 0 Å². The van der Waals surface area contributed by atoms with Gasteiger partial charge in [-0.05, 0) is 26.2 Å². The molecule has 1 saturated heterocycles. The highest BCUT2D eigenvalue weighted by molar-refractivity contribution is 5.79. The van der Waals surface area contributed by atoms with Gasteiger partial charge in [0.25, 0.3) is 6.47 Å². The van der Waals surface area contributed by atoms with Crippen LogP contribution in [-0.2, 0) is 20.7 Å². The molecule has 2 rings (SSSR count). The predicted molar refractivity (Wildman–Crippen MR) is 98.0 cm³/mol. The zero-order valence-electron chi connectivity index (χ0n) is 16.5. The van der Waals surface area contributed by atoms with E-state index >= 15 is 0 Å². The van der Waals surface area contributed by atoms with E-state index in [0.29, 0.717) is 25.4 Å². The van der Waals surface area contributed by atoms with E-state index < -0.39 is 0 Å². The Labute approximate surface area is 155 Å². The maximum absolute atomic E-state index is 12.8. The van der Waals surface area contributed by atoms with Crippen molar-refractivity contribution in [3.8, 4) is 0 Å².